The molecule has 1 rings (SSSR count). The summed E-state index contributed by atoms with van der Waals surface area (Å²) in [6.45, 7) is 13.9. The van der Waals surface area contributed by atoms with Crippen LogP contribution in [0.1, 0.15) is 20.3 Å². The van der Waals surface area contributed by atoms with Gasteiger partial charge in [-0.05, 0) is 52.0 Å². The number of carbonyl (C=O) groups is 1. The van der Waals surface area contributed by atoms with Crippen molar-refractivity contribution in [2.75, 3.05) is 6.61 Å². The zero-order valence-corrected chi connectivity index (χ0v) is 14.7. The van der Waals surface area contributed by atoms with E-state index in [4.69, 9.17) is 9.16 Å². The van der Waals surface area contributed by atoms with E-state index in [2.05, 4.69) is 19.7 Å². The van der Waals surface area contributed by atoms with E-state index in [-0.39, 0.29) is 11.2 Å². The van der Waals surface area contributed by atoms with Crippen LogP contribution in [0, 0.1) is 0 Å². The third-order valence-electron chi connectivity index (χ3n) is 3.70. The second-order valence-corrected chi connectivity index (χ2v) is 14.7. The Morgan fingerprint density at radius 1 is 1.53 bits per heavy atom. The number of rotatable bonds is 7. The smallest absolute Gasteiger partial charge is 0.333 e. The Labute approximate surface area is 118 Å². The van der Waals surface area contributed by atoms with Gasteiger partial charge in [0, 0.05) is 5.57 Å². The molecule has 1 aliphatic heterocycles. The topological polar surface area (TPSA) is 55.8 Å². The minimum Gasteiger partial charge on any atom is -0.462 e. The molecule has 4 nitrogen and oxygen atoms in total. The molecule has 1 aliphatic rings. The largest absolute Gasteiger partial charge is 0.462 e. The molecule has 0 aromatic rings. The van der Waals surface area contributed by atoms with Crippen LogP contribution in [-0.4, -0.2) is 39.2 Å². The van der Waals surface area contributed by atoms with Crippen molar-refractivity contribution >= 4 is 22.6 Å². The minimum atomic E-state index is -2.09. The summed E-state index contributed by atoms with van der Waals surface area (Å²) < 4.78 is 11.3. The summed E-state index contributed by atoms with van der Waals surface area (Å²) in [5.74, 6) is -0.329. The summed E-state index contributed by atoms with van der Waals surface area (Å²) in [5.41, 5.74) is 0.431. The molecule has 6 heteroatoms. The van der Waals surface area contributed by atoms with Crippen molar-refractivity contribution in [2.24, 2.45) is 0 Å². The Hall–Kier alpha value is -0.436. The standard InChI is InChI=1S/C13H26O4Si2/c1-11(2)12(14)16-8-7-9-18(4,5)17-13(3)10-19(13,6)15/h15H,1,7-10H2,2-6H3. The van der Waals surface area contributed by atoms with Gasteiger partial charge in [-0.3, -0.25) is 0 Å². The predicted molar refractivity (Wildman–Crippen MR) is 80.8 cm³/mol. The summed E-state index contributed by atoms with van der Waals surface area (Å²) >= 11 is 0. The van der Waals surface area contributed by atoms with Gasteiger partial charge >= 0.3 is 5.97 Å². The van der Waals surface area contributed by atoms with Crippen molar-refractivity contribution in [3.8, 4) is 0 Å². The molecule has 0 radical (unpaired) electrons. The summed E-state index contributed by atoms with van der Waals surface area (Å²) in [5, 5.41) is -0.253. The van der Waals surface area contributed by atoms with Gasteiger partial charge in [0.15, 0.2) is 8.32 Å². The molecule has 1 heterocycles. The Kier molecular flexibility index (Phi) is 4.82. The van der Waals surface area contributed by atoms with Gasteiger partial charge < -0.3 is 14.0 Å². The van der Waals surface area contributed by atoms with E-state index < -0.39 is 16.6 Å². The van der Waals surface area contributed by atoms with Crippen molar-refractivity contribution in [1.82, 2.24) is 0 Å². The fraction of sp³-hybridized carbons (Fsp3) is 0.769. The monoisotopic (exact) mass is 302 g/mol. The average molecular weight is 303 g/mol. The quantitative estimate of drug-likeness (QED) is 0.340. The number of carbonyl (C=O) groups excluding carboxylic acids is 1. The SMILES string of the molecule is C=C(C)C(=O)OCCC[Si](C)(C)OC1(C)C[Si]1(C)O. The zero-order chi connectivity index (χ0) is 14.9. The summed E-state index contributed by atoms with van der Waals surface area (Å²) in [7, 11) is -3.89. The minimum absolute atomic E-state index is 0.253. The molecule has 0 spiro atoms. The summed E-state index contributed by atoms with van der Waals surface area (Å²) in [4.78, 5) is 21.3. The van der Waals surface area contributed by atoms with E-state index >= 15 is 0 Å². The lowest BCUT2D eigenvalue weighted by Gasteiger charge is -2.28. The molecule has 0 aromatic carbocycles. The highest BCUT2D eigenvalue weighted by atomic mass is 28.4. The Bertz CT molecular complexity index is 379. The van der Waals surface area contributed by atoms with Gasteiger partial charge in [-0.2, -0.15) is 0 Å². The van der Waals surface area contributed by atoms with Crippen LogP contribution in [0.2, 0.25) is 31.7 Å². The van der Waals surface area contributed by atoms with Crippen molar-refractivity contribution in [2.45, 2.75) is 57.2 Å². The molecular weight excluding hydrogens is 276 g/mol. The molecule has 2 atom stereocenters. The first kappa shape index (κ1) is 16.6. The van der Waals surface area contributed by atoms with Crippen LogP contribution in [0.4, 0.5) is 0 Å². The molecule has 0 amide bonds. The summed E-state index contributed by atoms with van der Waals surface area (Å²) in [6, 6.07) is 1.76. The van der Waals surface area contributed by atoms with Gasteiger partial charge in [-0.1, -0.05) is 6.58 Å². The number of ether oxygens (including phenoxy) is 1. The lowest BCUT2D eigenvalue weighted by atomic mass is 10.4. The number of esters is 1. The average Bonchev–Trinajstić information content (AvgIpc) is 2.69. The number of hydrogen-bond acceptors (Lipinski definition) is 4. The van der Waals surface area contributed by atoms with Gasteiger partial charge in [-0.25, -0.2) is 4.79 Å². The van der Waals surface area contributed by atoms with Crippen LogP contribution in [0.15, 0.2) is 12.2 Å². The van der Waals surface area contributed by atoms with Crippen LogP contribution in [0.25, 0.3) is 0 Å². The normalized spacial score (nSPS) is 30.0. The zero-order valence-electron chi connectivity index (χ0n) is 12.7. The third-order valence-corrected chi connectivity index (χ3v) is 9.96. The van der Waals surface area contributed by atoms with E-state index in [0.717, 1.165) is 18.5 Å². The first-order valence-corrected chi connectivity index (χ1v) is 12.5. The second-order valence-electron chi connectivity index (χ2n) is 6.56. The first-order chi connectivity index (χ1) is 8.49. The van der Waals surface area contributed by atoms with Gasteiger partial charge in [0.1, 0.15) is 0 Å². The second kappa shape index (κ2) is 5.51. The fourth-order valence-corrected chi connectivity index (χ4v) is 8.51. The highest BCUT2D eigenvalue weighted by Gasteiger charge is 2.66. The molecule has 0 aromatic heterocycles. The maximum absolute atomic E-state index is 11.2. The highest BCUT2D eigenvalue weighted by molar-refractivity contribution is 6.86. The highest BCUT2D eigenvalue weighted by Crippen LogP contribution is 2.49. The van der Waals surface area contributed by atoms with Crippen molar-refractivity contribution in [3.05, 3.63) is 12.2 Å². The fourth-order valence-electron chi connectivity index (χ4n) is 2.21. The number of hydrogen-bond donors (Lipinski definition) is 1. The first-order valence-electron chi connectivity index (χ1n) is 6.74. The summed E-state index contributed by atoms with van der Waals surface area (Å²) in [6.07, 6.45) is 0.804. The van der Waals surface area contributed by atoms with E-state index in [1.165, 1.54) is 0 Å². The van der Waals surface area contributed by atoms with Crippen LogP contribution in [0.5, 0.6) is 0 Å². The van der Waals surface area contributed by atoms with Gasteiger partial charge in [0.05, 0.1) is 11.8 Å². The Morgan fingerprint density at radius 3 is 2.47 bits per heavy atom. The Balaban J connectivity index is 2.28. The molecule has 0 aliphatic carbocycles. The maximum Gasteiger partial charge on any atom is 0.333 e. The van der Waals surface area contributed by atoms with Crippen LogP contribution in [-0.2, 0) is 14.0 Å². The predicted octanol–water partition coefficient (Wildman–Crippen LogP) is 2.60. The van der Waals surface area contributed by atoms with Crippen LogP contribution >= 0.6 is 0 Å². The van der Waals surface area contributed by atoms with E-state index in [0.29, 0.717) is 12.2 Å². The molecule has 19 heavy (non-hydrogen) atoms. The van der Waals surface area contributed by atoms with Crippen LogP contribution < -0.4 is 0 Å². The van der Waals surface area contributed by atoms with Gasteiger partial charge in [0.2, 0.25) is 8.32 Å². The van der Waals surface area contributed by atoms with Crippen LogP contribution in [0.3, 0.4) is 0 Å². The molecule has 1 N–H and O–H groups in total. The molecule has 110 valence electrons. The van der Waals surface area contributed by atoms with Crippen molar-refractivity contribution in [1.29, 1.82) is 0 Å². The van der Waals surface area contributed by atoms with Gasteiger partial charge in [-0.15, -0.1) is 0 Å². The van der Waals surface area contributed by atoms with Crippen molar-refractivity contribution < 1.29 is 18.8 Å². The molecular formula is C13H26O4Si2. The lowest BCUT2D eigenvalue weighted by molar-refractivity contribution is -0.138. The molecule has 1 saturated heterocycles. The van der Waals surface area contributed by atoms with E-state index in [1.54, 1.807) is 6.92 Å². The van der Waals surface area contributed by atoms with E-state index in [1.807, 2.05) is 13.5 Å². The Morgan fingerprint density at radius 2 is 2.05 bits per heavy atom. The van der Waals surface area contributed by atoms with E-state index in [9.17, 15) is 9.59 Å². The lowest BCUT2D eigenvalue weighted by Crippen LogP contribution is -2.40. The molecule has 1 fully saturated rings. The molecule has 0 saturated carbocycles. The van der Waals surface area contributed by atoms with Crippen molar-refractivity contribution in [3.63, 3.8) is 0 Å². The third kappa shape index (κ3) is 4.55. The maximum atomic E-state index is 11.2. The van der Waals surface area contributed by atoms with Gasteiger partial charge in [0.25, 0.3) is 0 Å². The molecule has 0 bridgehead atoms. The molecule has 2 unspecified atom stereocenters.